The summed E-state index contributed by atoms with van der Waals surface area (Å²) >= 11 is 0. The van der Waals surface area contributed by atoms with Crippen molar-refractivity contribution in [3.8, 4) is 23.0 Å². The Bertz CT molecular complexity index is 5300. The number of rotatable bonds is 10. The highest BCUT2D eigenvalue weighted by Gasteiger charge is 2.24. The molecule has 17 rings (SSSR count). The van der Waals surface area contributed by atoms with Crippen LogP contribution < -0.4 is 19.3 Å². The average molecular weight is 1050 g/mol. The Morgan fingerprint density at radius 2 is 0.531 bits per heavy atom. The van der Waals surface area contributed by atoms with E-state index >= 15 is 0 Å². The third-order valence-corrected chi connectivity index (χ3v) is 15.5. The Hall–Kier alpha value is -11.2. The van der Waals surface area contributed by atoms with Crippen molar-refractivity contribution < 1.29 is 31.6 Å². The second kappa shape index (κ2) is 17.7. The SMILES string of the molecule is c1ccc(Oc2ccc(N(c3ccc4c(c3)oc3ccccc34)c3ccc4c(c3)oc3ccc5c(oc6ccc7oc8cc(N(c9ccc(Oc%10ccccc%10)cc9)c9ccc%10c(c9)oc9ccccc9%10)ccc8c7c65)c34)cc2)cc1. The molecule has 9 nitrogen and oxygen atoms in total. The van der Waals surface area contributed by atoms with E-state index in [0.29, 0.717) is 0 Å². The van der Waals surface area contributed by atoms with Crippen LogP contribution in [0.2, 0.25) is 0 Å². The number of hydrogen-bond donors (Lipinski definition) is 0. The molecule has 5 aromatic heterocycles. The fourth-order valence-corrected chi connectivity index (χ4v) is 11.9. The number of benzene rings is 12. The standard InChI is InChI=1S/C72H42N2O7/c1-3-11-49(12-4-1)75-51-27-19-43(20-28-51)73(45-23-31-55-53-15-7-9-17-60(53)77-65(55)39-45)47-25-33-57-67(41-47)79-62-37-38-63-70(69(57)62)59-35-36-64-71(72(59)81-63)58-34-26-48(42-68(58)80-64)74(44-21-29-52(30-22-44)76-50-13-5-2-6-14-50)46-24-32-56-54-16-8-10-18-61(54)78-66(56)40-46/h1-42H. The van der Waals surface area contributed by atoms with Gasteiger partial charge >= 0.3 is 0 Å². The fourth-order valence-electron chi connectivity index (χ4n) is 11.9. The van der Waals surface area contributed by atoms with E-state index < -0.39 is 0 Å². The van der Waals surface area contributed by atoms with Crippen LogP contribution in [0.5, 0.6) is 23.0 Å². The minimum absolute atomic E-state index is 0.725. The minimum atomic E-state index is 0.725. The van der Waals surface area contributed by atoms with Crippen molar-refractivity contribution in [3.63, 3.8) is 0 Å². The first kappa shape index (κ1) is 44.9. The van der Waals surface area contributed by atoms with E-state index in [2.05, 4.69) is 131 Å². The smallest absolute Gasteiger partial charge is 0.147 e. The summed E-state index contributed by atoms with van der Waals surface area (Å²) in [4.78, 5) is 4.43. The van der Waals surface area contributed by atoms with Crippen molar-refractivity contribution in [1.82, 2.24) is 0 Å². The number of anilines is 6. The molecular formula is C72H42N2O7. The molecule has 0 unspecified atom stereocenters. The van der Waals surface area contributed by atoms with Gasteiger partial charge in [0.05, 0.1) is 5.39 Å². The maximum atomic E-state index is 6.91. The molecular weight excluding hydrogens is 1000 g/mol. The molecule has 382 valence electrons. The summed E-state index contributed by atoms with van der Waals surface area (Å²) in [7, 11) is 0. The lowest BCUT2D eigenvalue weighted by atomic mass is 10.0. The Labute approximate surface area is 460 Å². The van der Waals surface area contributed by atoms with Crippen LogP contribution in [-0.2, 0) is 0 Å². The summed E-state index contributed by atoms with van der Waals surface area (Å²) in [5, 5.41) is 10.0. The van der Waals surface area contributed by atoms with Crippen LogP contribution in [0.1, 0.15) is 0 Å². The number of para-hydroxylation sites is 4. The molecule has 0 aliphatic heterocycles. The van der Waals surface area contributed by atoms with E-state index in [-0.39, 0.29) is 0 Å². The predicted octanol–water partition coefficient (Wildman–Crippen LogP) is 21.7. The third-order valence-electron chi connectivity index (χ3n) is 15.5. The lowest BCUT2D eigenvalue weighted by Crippen LogP contribution is -2.09. The maximum Gasteiger partial charge on any atom is 0.147 e. The van der Waals surface area contributed by atoms with Crippen LogP contribution in [0.15, 0.2) is 277 Å². The van der Waals surface area contributed by atoms with Gasteiger partial charge in [0.15, 0.2) is 0 Å². The van der Waals surface area contributed by atoms with E-state index in [1.54, 1.807) is 0 Å². The van der Waals surface area contributed by atoms with Crippen LogP contribution in [-0.4, -0.2) is 0 Å². The van der Waals surface area contributed by atoms with Crippen molar-refractivity contribution in [2.24, 2.45) is 0 Å². The number of hydrogen-bond acceptors (Lipinski definition) is 9. The zero-order chi connectivity index (χ0) is 53.1. The first-order chi connectivity index (χ1) is 40.1. The molecule has 0 aliphatic carbocycles. The molecule has 0 saturated heterocycles. The van der Waals surface area contributed by atoms with E-state index in [1.165, 1.54) is 0 Å². The van der Waals surface area contributed by atoms with Crippen molar-refractivity contribution >= 4 is 144 Å². The van der Waals surface area contributed by atoms with Gasteiger partial charge in [-0.1, -0.05) is 72.8 Å². The monoisotopic (exact) mass is 1050 g/mol. The van der Waals surface area contributed by atoms with Gasteiger partial charge in [0.25, 0.3) is 0 Å². The van der Waals surface area contributed by atoms with Crippen molar-refractivity contribution in [2.75, 3.05) is 9.80 Å². The quantitative estimate of drug-likeness (QED) is 0.133. The average Bonchev–Trinajstić information content (AvgIpc) is 4.53. The second-order valence-corrected chi connectivity index (χ2v) is 20.3. The normalized spacial score (nSPS) is 12.0. The van der Waals surface area contributed by atoms with Crippen LogP contribution in [0.4, 0.5) is 34.1 Å². The van der Waals surface area contributed by atoms with Crippen molar-refractivity contribution in [1.29, 1.82) is 0 Å². The summed E-state index contributed by atoms with van der Waals surface area (Å²) in [6.07, 6.45) is 0. The molecule has 0 bridgehead atoms. The summed E-state index contributed by atoms with van der Waals surface area (Å²) in [5.74, 6) is 3.02. The third kappa shape index (κ3) is 7.33. The number of nitrogens with zero attached hydrogens (tertiary/aromatic N) is 2. The van der Waals surface area contributed by atoms with Gasteiger partial charge in [0.1, 0.15) is 78.8 Å². The van der Waals surface area contributed by atoms with Crippen LogP contribution in [0, 0.1) is 0 Å². The molecule has 0 amide bonds. The molecule has 12 aromatic carbocycles. The zero-order valence-electron chi connectivity index (χ0n) is 43.0. The number of furan rings is 5. The van der Waals surface area contributed by atoms with E-state index in [1.807, 2.05) is 133 Å². The van der Waals surface area contributed by atoms with Crippen molar-refractivity contribution in [3.05, 3.63) is 255 Å². The van der Waals surface area contributed by atoms with E-state index in [0.717, 1.165) is 167 Å². The molecule has 9 heteroatoms. The second-order valence-electron chi connectivity index (χ2n) is 20.3. The summed E-state index contributed by atoms with van der Waals surface area (Å²) in [6, 6.07) is 85.9. The van der Waals surface area contributed by atoms with Crippen LogP contribution in [0.25, 0.3) is 110 Å². The number of ether oxygens (including phenoxy) is 2. The highest BCUT2D eigenvalue weighted by Crippen LogP contribution is 2.48. The molecule has 0 saturated carbocycles. The molecule has 0 fully saturated rings. The molecule has 0 atom stereocenters. The van der Waals surface area contributed by atoms with Crippen LogP contribution in [0.3, 0.4) is 0 Å². The summed E-state index contributed by atoms with van der Waals surface area (Å²) in [5.41, 5.74) is 13.3. The zero-order valence-corrected chi connectivity index (χ0v) is 43.0. The topological polar surface area (TPSA) is 90.6 Å². The lowest BCUT2D eigenvalue weighted by molar-refractivity contribution is 0.482. The molecule has 0 aliphatic rings. The van der Waals surface area contributed by atoms with Gasteiger partial charge in [0.2, 0.25) is 0 Å². The van der Waals surface area contributed by atoms with Crippen LogP contribution >= 0.6 is 0 Å². The first-order valence-corrected chi connectivity index (χ1v) is 26.8. The molecule has 81 heavy (non-hydrogen) atoms. The fraction of sp³-hybridized carbons (Fsp3) is 0. The van der Waals surface area contributed by atoms with E-state index in [4.69, 9.17) is 31.6 Å². The van der Waals surface area contributed by atoms with Gasteiger partial charge in [-0.25, -0.2) is 0 Å². The predicted molar refractivity (Wildman–Crippen MR) is 325 cm³/mol. The van der Waals surface area contributed by atoms with Crippen molar-refractivity contribution in [2.45, 2.75) is 0 Å². The van der Waals surface area contributed by atoms with Gasteiger partial charge in [0, 0.05) is 107 Å². The maximum absolute atomic E-state index is 6.91. The van der Waals surface area contributed by atoms with Gasteiger partial charge in [-0.05, 0) is 158 Å². The molecule has 0 spiro atoms. The highest BCUT2D eigenvalue weighted by atomic mass is 16.5. The van der Waals surface area contributed by atoms with E-state index in [9.17, 15) is 0 Å². The largest absolute Gasteiger partial charge is 0.457 e. The molecule has 0 radical (unpaired) electrons. The Morgan fingerprint density at radius 3 is 1.02 bits per heavy atom. The Kier molecular flexibility index (Phi) is 9.81. The molecule has 0 N–H and O–H groups in total. The molecule has 5 heterocycles. The van der Waals surface area contributed by atoms with Gasteiger partial charge in [-0.3, -0.25) is 0 Å². The highest BCUT2D eigenvalue weighted by molar-refractivity contribution is 6.30. The van der Waals surface area contributed by atoms with Gasteiger partial charge in [-0.2, -0.15) is 0 Å². The molecule has 17 aromatic rings. The van der Waals surface area contributed by atoms with Gasteiger partial charge < -0.3 is 41.4 Å². The minimum Gasteiger partial charge on any atom is -0.457 e. The Balaban J connectivity index is 0.771. The lowest BCUT2D eigenvalue weighted by Gasteiger charge is -2.25. The summed E-state index contributed by atoms with van der Waals surface area (Å²) in [6.45, 7) is 0. The Morgan fingerprint density at radius 1 is 0.210 bits per heavy atom. The summed E-state index contributed by atoms with van der Waals surface area (Å²) < 4.78 is 45.8. The first-order valence-electron chi connectivity index (χ1n) is 26.8. The van der Waals surface area contributed by atoms with Gasteiger partial charge in [-0.15, -0.1) is 0 Å². The number of fused-ring (bicyclic) bond motifs is 17.